The minimum Gasteiger partial charge on any atom is -0.269 e. The average Bonchev–Trinajstić information content (AvgIpc) is 2.83. The van der Waals surface area contributed by atoms with Crippen molar-refractivity contribution in [2.75, 3.05) is 5.75 Å². The molecule has 0 N–H and O–H groups in total. The van der Waals surface area contributed by atoms with E-state index >= 15 is 0 Å². The third-order valence-electron chi connectivity index (χ3n) is 3.80. The number of carbonyl (C=O) groups is 2. The van der Waals surface area contributed by atoms with Crippen LogP contribution < -0.4 is 0 Å². The van der Waals surface area contributed by atoms with Gasteiger partial charge in [-0.25, -0.2) is 4.39 Å². The zero-order valence-electron chi connectivity index (χ0n) is 13.5. The third kappa shape index (κ3) is 3.62. The van der Waals surface area contributed by atoms with Gasteiger partial charge < -0.3 is 0 Å². The van der Waals surface area contributed by atoms with Crippen molar-refractivity contribution in [3.8, 4) is 0 Å². The van der Waals surface area contributed by atoms with Gasteiger partial charge >= 0.3 is 0 Å². The summed E-state index contributed by atoms with van der Waals surface area (Å²) in [5, 5.41) is 0.593. The SMILES string of the molecule is CCSC1=C(c2ccc(F)cc2)C(=O)N(Cc2ccc(Cl)cc2)C1=O. The summed E-state index contributed by atoms with van der Waals surface area (Å²) < 4.78 is 13.2. The van der Waals surface area contributed by atoms with Gasteiger partial charge in [0.25, 0.3) is 11.8 Å². The van der Waals surface area contributed by atoms with Gasteiger partial charge in [-0.1, -0.05) is 42.8 Å². The van der Waals surface area contributed by atoms with Gasteiger partial charge in [0.1, 0.15) is 5.82 Å². The summed E-state index contributed by atoms with van der Waals surface area (Å²) in [5.74, 6) is -0.397. The van der Waals surface area contributed by atoms with Crippen LogP contribution in [-0.2, 0) is 16.1 Å². The Bertz CT molecular complexity index is 847. The van der Waals surface area contributed by atoms with Crippen molar-refractivity contribution in [2.45, 2.75) is 13.5 Å². The quantitative estimate of drug-likeness (QED) is 0.721. The third-order valence-corrected chi connectivity index (χ3v) is 5.01. The molecule has 0 saturated carbocycles. The molecule has 0 saturated heterocycles. The van der Waals surface area contributed by atoms with Gasteiger partial charge in [0.2, 0.25) is 0 Å². The molecule has 3 nitrogen and oxygen atoms in total. The molecule has 1 heterocycles. The number of halogens is 2. The fourth-order valence-corrected chi connectivity index (χ4v) is 3.62. The lowest BCUT2D eigenvalue weighted by molar-refractivity contribution is -0.137. The van der Waals surface area contributed by atoms with Crippen molar-refractivity contribution >= 4 is 40.8 Å². The highest BCUT2D eigenvalue weighted by atomic mass is 35.5. The van der Waals surface area contributed by atoms with Crippen LogP contribution in [0.25, 0.3) is 5.57 Å². The zero-order valence-corrected chi connectivity index (χ0v) is 15.0. The maximum atomic E-state index is 13.2. The van der Waals surface area contributed by atoms with Crippen LogP contribution in [0.3, 0.4) is 0 Å². The van der Waals surface area contributed by atoms with Crippen LogP contribution >= 0.6 is 23.4 Å². The first kappa shape index (κ1) is 17.7. The molecule has 0 spiro atoms. The normalized spacial score (nSPS) is 14.6. The van der Waals surface area contributed by atoms with E-state index in [2.05, 4.69) is 0 Å². The molecule has 0 unspecified atom stereocenters. The molecule has 2 aromatic carbocycles. The van der Waals surface area contributed by atoms with Crippen molar-refractivity contribution in [3.05, 3.63) is 75.4 Å². The molecular formula is C19H15ClFNO2S. The summed E-state index contributed by atoms with van der Waals surface area (Å²) >= 11 is 7.20. The molecule has 1 aliphatic rings. The molecule has 2 amide bonds. The molecule has 0 fully saturated rings. The highest BCUT2D eigenvalue weighted by Gasteiger charge is 2.38. The first-order valence-electron chi connectivity index (χ1n) is 7.75. The second kappa shape index (κ2) is 7.42. The van der Waals surface area contributed by atoms with Gasteiger partial charge in [-0.15, -0.1) is 11.8 Å². The molecule has 2 aromatic rings. The van der Waals surface area contributed by atoms with Crippen LogP contribution in [0.5, 0.6) is 0 Å². The number of carbonyl (C=O) groups excluding carboxylic acids is 2. The number of benzene rings is 2. The Balaban J connectivity index is 1.95. The lowest BCUT2D eigenvalue weighted by atomic mass is 10.1. The van der Waals surface area contributed by atoms with Gasteiger partial charge in [-0.3, -0.25) is 14.5 Å². The summed E-state index contributed by atoms with van der Waals surface area (Å²) in [6, 6.07) is 12.6. The van der Waals surface area contributed by atoms with Gasteiger partial charge in [-0.2, -0.15) is 0 Å². The summed E-state index contributed by atoms with van der Waals surface area (Å²) in [6.45, 7) is 2.09. The largest absolute Gasteiger partial charge is 0.269 e. The Morgan fingerprint density at radius 2 is 1.64 bits per heavy atom. The molecule has 128 valence electrons. The summed E-state index contributed by atoms with van der Waals surface area (Å²) in [7, 11) is 0. The number of hydrogen-bond donors (Lipinski definition) is 0. The smallest absolute Gasteiger partial charge is 0.268 e. The molecule has 6 heteroatoms. The maximum Gasteiger partial charge on any atom is 0.268 e. The lowest BCUT2D eigenvalue weighted by Crippen LogP contribution is -2.30. The van der Waals surface area contributed by atoms with E-state index in [9.17, 15) is 14.0 Å². The first-order chi connectivity index (χ1) is 12.0. The zero-order chi connectivity index (χ0) is 18.0. The fourth-order valence-electron chi connectivity index (χ4n) is 2.62. The molecular weight excluding hydrogens is 361 g/mol. The molecule has 0 aliphatic carbocycles. The minimum atomic E-state index is -0.385. The van der Waals surface area contributed by atoms with Crippen molar-refractivity contribution in [2.24, 2.45) is 0 Å². The predicted octanol–water partition coefficient (Wildman–Crippen LogP) is 4.51. The van der Waals surface area contributed by atoms with Crippen molar-refractivity contribution in [3.63, 3.8) is 0 Å². The molecule has 0 radical (unpaired) electrons. The van der Waals surface area contributed by atoms with Crippen LogP contribution in [0.15, 0.2) is 53.4 Å². The van der Waals surface area contributed by atoms with Gasteiger partial charge in [0.05, 0.1) is 17.0 Å². The van der Waals surface area contributed by atoms with Gasteiger partial charge in [0.15, 0.2) is 0 Å². The number of hydrogen-bond acceptors (Lipinski definition) is 3. The van der Waals surface area contributed by atoms with E-state index in [1.165, 1.54) is 40.9 Å². The maximum absolute atomic E-state index is 13.2. The highest BCUT2D eigenvalue weighted by molar-refractivity contribution is 8.04. The van der Waals surface area contributed by atoms with Crippen LogP contribution in [0.4, 0.5) is 4.39 Å². The Morgan fingerprint density at radius 1 is 1.00 bits per heavy atom. The van der Waals surface area contributed by atoms with E-state index in [4.69, 9.17) is 11.6 Å². The fraction of sp³-hybridized carbons (Fsp3) is 0.158. The van der Waals surface area contributed by atoms with Crippen LogP contribution in [0.1, 0.15) is 18.1 Å². The molecule has 3 rings (SSSR count). The summed E-state index contributed by atoms with van der Waals surface area (Å²) in [5.41, 5.74) is 1.70. The average molecular weight is 376 g/mol. The molecule has 0 atom stereocenters. The second-order valence-corrected chi connectivity index (χ2v) is 7.18. The second-order valence-electron chi connectivity index (χ2n) is 5.47. The standard InChI is InChI=1S/C19H15ClFNO2S/c1-2-25-17-16(13-5-9-15(21)10-6-13)18(23)22(19(17)24)11-12-3-7-14(20)8-4-12/h3-10H,2,11H2,1H3. The van der Waals surface area contributed by atoms with Crippen molar-refractivity contribution in [1.29, 1.82) is 0 Å². The van der Waals surface area contributed by atoms with E-state index < -0.39 is 0 Å². The highest BCUT2D eigenvalue weighted by Crippen LogP contribution is 2.36. The Hall–Kier alpha value is -2.11. The van der Waals surface area contributed by atoms with E-state index in [-0.39, 0.29) is 24.2 Å². The Labute approximate surface area is 154 Å². The monoisotopic (exact) mass is 375 g/mol. The number of rotatable bonds is 5. The topological polar surface area (TPSA) is 37.4 Å². The number of amides is 2. The van der Waals surface area contributed by atoms with Crippen LogP contribution in [0.2, 0.25) is 5.02 Å². The van der Waals surface area contributed by atoms with E-state index in [1.807, 2.05) is 6.92 Å². The molecule has 0 aromatic heterocycles. The van der Waals surface area contributed by atoms with Crippen LogP contribution in [0, 0.1) is 5.82 Å². The number of thioether (sulfide) groups is 1. The predicted molar refractivity (Wildman–Crippen MR) is 98.5 cm³/mol. The number of nitrogens with zero attached hydrogens (tertiary/aromatic N) is 1. The van der Waals surface area contributed by atoms with Crippen molar-refractivity contribution < 1.29 is 14.0 Å². The van der Waals surface area contributed by atoms with Crippen LogP contribution in [-0.4, -0.2) is 22.5 Å². The summed E-state index contributed by atoms with van der Waals surface area (Å²) in [6.07, 6.45) is 0. The Morgan fingerprint density at radius 3 is 2.24 bits per heavy atom. The number of imide groups is 1. The molecule has 0 bridgehead atoms. The Kier molecular flexibility index (Phi) is 5.25. The first-order valence-corrected chi connectivity index (χ1v) is 9.11. The van der Waals surface area contributed by atoms with Crippen molar-refractivity contribution in [1.82, 2.24) is 4.90 Å². The van der Waals surface area contributed by atoms with E-state index in [0.29, 0.717) is 26.8 Å². The lowest BCUT2D eigenvalue weighted by Gasteiger charge is -2.15. The summed E-state index contributed by atoms with van der Waals surface area (Å²) in [4.78, 5) is 27.3. The van der Waals surface area contributed by atoms with E-state index in [0.717, 1.165) is 5.56 Å². The van der Waals surface area contributed by atoms with Gasteiger partial charge in [0, 0.05) is 5.02 Å². The minimum absolute atomic E-state index is 0.174. The molecule has 25 heavy (non-hydrogen) atoms. The van der Waals surface area contributed by atoms with E-state index in [1.54, 1.807) is 24.3 Å². The van der Waals surface area contributed by atoms with Gasteiger partial charge in [-0.05, 0) is 41.1 Å². The molecule has 1 aliphatic heterocycles.